The van der Waals surface area contributed by atoms with Crippen LogP contribution in [0.4, 0.5) is 0 Å². The van der Waals surface area contributed by atoms with E-state index in [0.29, 0.717) is 19.1 Å². The summed E-state index contributed by atoms with van der Waals surface area (Å²) in [5.41, 5.74) is 6.91. The van der Waals surface area contributed by atoms with Crippen molar-refractivity contribution in [2.45, 2.75) is 25.3 Å². The van der Waals surface area contributed by atoms with Crippen molar-refractivity contribution in [3.8, 4) is 0 Å². The van der Waals surface area contributed by atoms with Gasteiger partial charge in [-0.3, -0.25) is 9.69 Å². The van der Waals surface area contributed by atoms with Gasteiger partial charge in [-0.25, -0.2) is 0 Å². The second-order valence-electron chi connectivity index (χ2n) is 5.14. The van der Waals surface area contributed by atoms with Gasteiger partial charge in [0.15, 0.2) is 0 Å². The van der Waals surface area contributed by atoms with E-state index in [2.05, 4.69) is 22.3 Å². The number of nitrogens with zero attached hydrogens (tertiary/aromatic N) is 1. The first-order valence-electron chi connectivity index (χ1n) is 7.03. The number of hydrogen-bond acceptors (Lipinski definition) is 3. The third kappa shape index (κ3) is 6.37. The van der Waals surface area contributed by atoms with Crippen molar-refractivity contribution in [2.75, 3.05) is 26.2 Å². The number of hydrogen-bond donors (Lipinski definition) is 2. The number of benzene rings is 1. The van der Waals surface area contributed by atoms with Crippen molar-refractivity contribution in [1.29, 1.82) is 0 Å². The minimum absolute atomic E-state index is 0. The zero-order chi connectivity index (χ0) is 13.5. The average Bonchev–Trinajstić information content (AvgIpc) is 3.21. The molecular formula is C15H24ClN3O. The van der Waals surface area contributed by atoms with Crippen LogP contribution in [0, 0.1) is 0 Å². The molecule has 112 valence electrons. The molecule has 3 N–H and O–H groups in total. The summed E-state index contributed by atoms with van der Waals surface area (Å²) in [7, 11) is 0. The van der Waals surface area contributed by atoms with Gasteiger partial charge in [-0.1, -0.05) is 30.3 Å². The molecule has 1 amide bonds. The first-order chi connectivity index (χ1) is 9.28. The fourth-order valence-corrected chi connectivity index (χ4v) is 2.09. The minimum Gasteiger partial charge on any atom is -0.352 e. The molecular weight excluding hydrogens is 274 g/mol. The van der Waals surface area contributed by atoms with Crippen LogP contribution in [0.25, 0.3) is 0 Å². The molecule has 0 saturated heterocycles. The lowest BCUT2D eigenvalue weighted by Crippen LogP contribution is -2.41. The van der Waals surface area contributed by atoms with Crippen molar-refractivity contribution >= 4 is 18.3 Å². The summed E-state index contributed by atoms with van der Waals surface area (Å²) in [4.78, 5) is 13.9. The highest BCUT2D eigenvalue weighted by molar-refractivity contribution is 5.85. The van der Waals surface area contributed by atoms with Gasteiger partial charge in [0, 0.05) is 25.7 Å². The molecule has 20 heavy (non-hydrogen) atoms. The molecule has 1 aliphatic rings. The predicted octanol–water partition coefficient (Wildman–Crippen LogP) is 1.19. The molecule has 0 spiro atoms. The van der Waals surface area contributed by atoms with Gasteiger partial charge in [-0.05, 0) is 24.8 Å². The van der Waals surface area contributed by atoms with Gasteiger partial charge in [0.2, 0.25) is 5.91 Å². The molecule has 0 heterocycles. The number of amides is 1. The zero-order valence-electron chi connectivity index (χ0n) is 11.8. The Morgan fingerprint density at radius 3 is 2.55 bits per heavy atom. The summed E-state index contributed by atoms with van der Waals surface area (Å²) in [6.07, 6.45) is 3.22. The lowest BCUT2D eigenvalue weighted by Gasteiger charge is -2.21. The third-order valence-corrected chi connectivity index (χ3v) is 3.31. The minimum atomic E-state index is 0. The molecule has 0 aromatic heterocycles. The Bertz CT molecular complexity index is 395. The molecule has 0 bridgehead atoms. The number of rotatable bonds is 8. The van der Waals surface area contributed by atoms with E-state index in [-0.39, 0.29) is 18.3 Å². The molecule has 1 aromatic carbocycles. The molecule has 0 radical (unpaired) electrons. The molecule has 1 aromatic rings. The molecule has 4 nitrogen and oxygen atoms in total. The van der Waals surface area contributed by atoms with E-state index in [1.54, 1.807) is 0 Å². The van der Waals surface area contributed by atoms with E-state index in [1.807, 2.05) is 18.2 Å². The lowest BCUT2D eigenvalue weighted by molar-refractivity contribution is -0.122. The summed E-state index contributed by atoms with van der Waals surface area (Å²) in [5.74, 6) is 0.129. The first kappa shape index (κ1) is 17.0. The first-order valence-corrected chi connectivity index (χ1v) is 7.03. The molecule has 2 rings (SSSR count). The van der Waals surface area contributed by atoms with Gasteiger partial charge in [-0.15, -0.1) is 12.4 Å². The Balaban J connectivity index is 0.00000200. The van der Waals surface area contributed by atoms with Crippen LogP contribution in [-0.2, 0) is 11.2 Å². The molecule has 0 atom stereocenters. The standard InChI is InChI=1S/C15H23N3O.ClH/c16-9-11-18(12-15(19)17-14-6-7-14)10-8-13-4-2-1-3-5-13;/h1-5,14H,6-12,16H2,(H,17,19);1H. The summed E-state index contributed by atoms with van der Waals surface area (Å²) >= 11 is 0. The molecule has 5 heteroatoms. The van der Waals surface area contributed by atoms with Gasteiger partial charge < -0.3 is 11.1 Å². The summed E-state index contributed by atoms with van der Waals surface area (Å²) in [6, 6.07) is 10.8. The van der Waals surface area contributed by atoms with E-state index in [0.717, 1.165) is 32.4 Å². The molecule has 1 fully saturated rings. The van der Waals surface area contributed by atoms with Crippen LogP contribution >= 0.6 is 12.4 Å². The van der Waals surface area contributed by atoms with Crippen molar-refractivity contribution in [3.63, 3.8) is 0 Å². The van der Waals surface area contributed by atoms with Crippen LogP contribution in [0.1, 0.15) is 18.4 Å². The average molecular weight is 298 g/mol. The second-order valence-corrected chi connectivity index (χ2v) is 5.14. The van der Waals surface area contributed by atoms with Crippen molar-refractivity contribution in [1.82, 2.24) is 10.2 Å². The Labute approximate surface area is 127 Å². The summed E-state index contributed by atoms with van der Waals surface area (Å²) in [5, 5.41) is 3.02. The summed E-state index contributed by atoms with van der Waals surface area (Å²) in [6.45, 7) is 2.69. The van der Waals surface area contributed by atoms with E-state index >= 15 is 0 Å². The molecule has 1 saturated carbocycles. The van der Waals surface area contributed by atoms with Crippen LogP contribution < -0.4 is 11.1 Å². The van der Waals surface area contributed by atoms with Crippen molar-refractivity contribution in [2.24, 2.45) is 5.73 Å². The van der Waals surface area contributed by atoms with Gasteiger partial charge in [0.25, 0.3) is 0 Å². The molecule has 0 unspecified atom stereocenters. The quantitative estimate of drug-likeness (QED) is 0.758. The molecule has 0 aliphatic heterocycles. The van der Waals surface area contributed by atoms with E-state index in [1.165, 1.54) is 5.56 Å². The van der Waals surface area contributed by atoms with Gasteiger partial charge in [0.05, 0.1) is 6.54 Å². The van der Waals surface area contributed by atoms with Gasteiger partial charge >= 0.3 is 0 Å². The lowest BCUT2D eigenvalue weighted by atomic mass is 10.1. The smallest absolute Gasteiger partial charge is 0.234 e. The van der Waals surface area contributed by atoms with Gasteiger partial charge in [-0.2, -0.15) is 0 Å². The highest BCUT2D eigenvalue weighted by Crippen LogP contribution is 2.18. The van der Waals surface area contributed by atoms with Gasteiger partial charge in [0.1, 0.15) is 0 Å². The van der Waals surface area contributed by atoms with E-state index < -0.39 is 0 Å². The predicted molar refractivity (Wildman–Crippen MR) is 84.1 cm³/mol. The van der Waals surface area contributed by atoms with Crippen LogP contribution in [0.15, 0.2) is 30.3 Å². The van der Waals surface area contributed by atoms with E-state index in [9.17, 15) is 4.79 Å². The zero-order valence-corrected chi connectivity index (χ0v) is 12.6. The second kappa shape index (κ2) is 8.95. The van der Waals surface area contributed by atoms with Crippen LogP contribution in [0.2, 0.25) is 0 Å². The monoisotopic (exact) mass is 297 g/mol. The number of nitrogens with two attached hydrogens (primary N) is 1. The number of carbonyl (C=O) groups excluding carboxylic acids is 1. The van der Waals surface area contributed by atoms with Crippen LogP contribution in [0.5, 0.6) is 0 Å². The highest BCUT2D eigenvalue weighted by Gasteiger charge is 2.23. The van der Waals surface area contributed by atoms with Crippen molar-refractivity contribution < 1.29 is 4.79 Å². The van der Waals surface area contributed by atoms with Crippen molar-refractivity contribution in [3.05, 3.63) is 35.9 Å². The number of nitrogens with one attached hydrogen (secondary N) is 1. The fourth-order valence-electron chi connectivity index (χ4n) is 2.09. The maximum absolute atomic E-state index is 11.8. The maximum Gasteiger partial charge on any atom is 0.234 e. The van der Waals surface area contributed by atoms with Crippen LogP contribution in [-0.4, -0.2) is 43.0 Å². The largest absolute Gasteiger partial charge is 0.352 e. The Morgan fingerprint density at radius 1 is 1.25 bits per heavy atom. The van der Waals surface area contributed by atoms with Crippen LogP contribution in [0.3, 0.4) is 0 Å². The fraction of sp³-hybridized carbons (Fsp3) is 0.533. The maximum atomic E-state index is 11.8. The molecule has 1 aliphatic carbocycles. The highest BCUT2D eigenvalue weighted by atomic mass is 35.5. The normalized spacial score (nSPS) is 13.9. The topological polar surface area (TPSA) is 58.4 Å². The Morgan fingerprint density at radius 2 is 1.95 bits per heavy atom. The number of carbonyl (C=O) groups is 1. The number of halogens is 1. The van der Waals surface area contributed by atoms with E-state index in [4.69, 9.17) is 5.73 Å². The SMILES string of the molecule is Cl.NCCN(CCc1ccccc1)CC(=O)NC1CC1. The third-order valence-electron chi connectivity index (χ3n) is 3.31. The summed E-state index contributed by atoms with van der Waals surface area (Å²) < 4.78 is 0. The Kier molecular flexibility index (Phi) is 7.59. The Hall–Kier alpha value is -1.10.